The van der Waals surface area contributed by atoms with E-state index in [-0.39, 0.29) is 4.90 Å². The highest BCUT2D eigenvalue weighted by atomic mass is 32.2. The molecule has 0 spiro atoms. The molecule has 2 N–H and O–H groups in total. The Morgan fingerprint density at radius 2 is 1.91 bits per heavy atom. The third kappa shape index (κ3) is 4.24. The van der Waals surface area contributed by atoms with E-state index in [2.05, 4.69) is 15.6 Å². The van der Waals surface area contributed by atoms with Crippen LogP contribution in [0.2, 0.25) is 0 Å². The number of fused-ring (bicyclic) bond motifs is 1. The van der Waals surface area contributed by atoms with Crippen molar-refractivity contribution in [3.8, 4) is 11.3 Å². The third-order valence-corrected chi connectivity index (χ3v) is 7.84. The molecule has 0 bridgehead atoms. The van der Waals surface area contributed by atoms with Gasteiger partial charge in [-0.2, -0.15) is 0 Å². The highest BCUT2D eigenvalue weighted by Gasteiger charge is 2.23. The fraction of sp³-hybridized carbons (Fsp3) is 0.280. The number of para-hydroxylation sites is 1. The van der Waals surface area contributed by atoms with Gasteiger partial charge in [0.2, 0.25) is 5.95 Å². The lowest BCUT2D eigenvalue weighted by Gasteiger charge is -2.22. The topological polar surface area (TPSA) is 88.9 Å². The van der Waals surface area contributed by atoms with Crippen molar-refractivity contribution in [2.24, 2.45) is 5.92 Å². The Morgan fingerprint density at radius 1 is 1.12 bits per heavy atom. The quantitative estimate of drug-likeness (QED) is 0.450. The zero-order valence-electron chi connectivity index (χ0n) is 18.5. The number of benzene rings is 2. The SMILES string of the molecule is Cc1cnc(NCC2CCCNC2)nc1-c1cn(S(=O)(=O)c2ccccc2)c2ccccc12. The summed E-state index contributed by atoms with van der Waals surface area (Å²) in [5.74, 6) is 1.11. The van der Waals surface area contributed by atoms with Crippen LogP contribution in [0.4, 0.5) is 5.95 Å². The van der Waals surface area contributed by atoms with Crippen LogP contribution in [0.5, 0.6) is 0 Å². The molecule has 7 nitrogen and oxygen atoms in total. The van der Waals surface area contributed by atoms with Crippen LogP contribution in [0.25, 0.3) is 22.2 Å². The van der Waals surface area contributed by atoms with Gasteiger partial charge in [-0.1, -0.05) is 36.4 Å². The van der Waals surface area contributed by atoms with E-state index in [0.29, 0.717) is 17.4 Å². The third-order valence-electron chi connectivity index (χ3n) is 6.15. The van der Waals surface area contributed by atoms with Crippen molar-refractivity contribution in [3.63, 3.8) is 0 Å². The van der Waals surface area contributed by atoms with Gasteiger partial charge in [0.25, 0.3) is 10.0 Å². The van der Waals surface area contributed by atoms with Crippen molar-refractivity contribution in [2.45, 2.75) is 24.7 Å². The number of aryl methyl sites for hydroxylation is 1. The van der Waals surface area contributed by atoms with Crippen LogP contribution in [-0.4, -0.2) is 42.0 Å². The Kier molecular flexibility index (Phi) is 5.86. The fourth-order valence-corrected chi connectivity index (χ4v) is 5.77. The van der Waals surface area contributed by atoms with Crippen molar-refractivity contribution >= 4 is 26.9 Å². The van der Waals surface area contributed by atoms with E-state index < -0.39 is 10.0 Å². The van der Waals surface area contributed by atoms with E-state index in [4.69, 9.17) is 4.98 Å². The molecule has 1 saturated heterocycles. The molecule has 5 rings (SSSR count). The monoisotopic (exact) mass is 461 g/mol. The molecule has 0 amide bonds. The van der Waals surface area contributed by atoms with E-state index >= 15 is 0 Å². The van der Waals surface area contributed by atoms with Crippen molar-refractivity contribution in [3.05, 3.63) is 72.6 Å². The summed E-state index contributed by atoms with van der Waals surface area (Å²) in [6, 6.07) is 16.0. The van der Waals surface area contributed by atoms with Crippen LogP contribution in [-0.2, 0) is 10.0 Å². The zero-order valence-corrected chi connectivity index (χ0v) is 19.3. The first-order valence-electron chi connectivity index (χ1n) is 11.2. The van der Waals surface area contributed by atoms with Crippen LogP contribution in [0, 0.1) is 12.8 Å². The van der Waals surface area contributed by atoms with Gasteiger partial charge in [-0.15, -0.1) is 0 Å². The molecule has 1 unspecified atom stereocenters. The van der Waals surface area contributed by atoms with Crippen LogP contribution >= 0.6 is 0 Å². The average Bonchev–Trinajstić information content (AvgIpc) is 3.25. The van der Waals surface area contributed by atoms with Gasteiger partial charge < -0.3 is 10.6 Å². The van der Waals surface area contributed by atoms with Gasteiger partial charge in [-0.25, -0.2) is 22.4 Å². The number of piperidine rings is 1. The van der Waals surface area contributed by atoms with Crippen LogP contribution in [0.3, 0.4) is 0 Å². The molecule has 4 aromatic rings. The number of aromatic nitrogens is 3. The predicted molar refractivity (Wildman–Crippen MR) is 131 cm³/mol. The molecule has 170 valence electrons. The lowest BCUT2D eigenvalue weighted by molar-refractivity contribution is 0.392. The predicted octanol–water partition coefficient (Wildman–Crippen LogP) is 4.06. The molecule has 0 aliphatic carbocycles. The van der Waals surface area contributed by atoms with Crippen molar-refractivity contribution in [1.29, 1.82) is 0 Å². The summed E-state index contributed by atoms with van der Waals surface area (Å²) < 4.78 is 28.2. The molecular formula is C25H27N5O2S. The molecule has 33 heavy (non-hydrogen) atoms. The van der Waals surface area contributed by atoms with E-state index in [1.165, 1.54) is 16.8 Å². The van der Waals surface area contributed by atoms with Crippen LogP contribution in [0.1, 0.15) is 18.4 Å². The highest BCUT2D eigenvalue weighted by molar-refractivity contribution is 7.90. The van der Waals surface area contributed by atoms with E-state index in [1.807, 2.05) is 31.2 Å². The summed E-state index contributed by atoms with van der Waals surface area (Å²) in [5.41, 5.74) is 3.01. The Balaban J connectivity index is 1.55. The Hall–Kier alpha value is -3.23. The first-order chi connectivity index (χ1) is 16.0. The summed E-state index contributed by atoms with van der Waals surface area (Å²) in [5, 5.41) is 7.64. The van der Waals surface area contributed by atoms with Gasteiger partial charge >= 0.3 is 0 Å². The molecule has 0 radical (unpaired) electrons. The number of anilines is 1. The van der Waals surface area contributed by atoms with Crippen LogP contribution in [0.15, 0.2) is 71.9 Å². The summed E-state index contributed by atoms with van der Waals surface area (Å²) in [6.07, 6.45) is 5.84. The van der Waals surface area contributed by atoms with Gasteiger partial charge in [0.05, 0.1) is 16.1 Å². The van der Waals surface area contributed by atoms with Crippen molar-refractivity contribution < 1.29 is 8.42 Å². The molecule has 1 aliphatic heterocycles. The molecular weight excluding hydrogens is 434 g/mol. The number of hydrogen-bond donors (Lipinski definition) is 2. The lowest BCUT2D eigenvalue weighted by Crippen LogP contribution is -2.33. The molecule has 2 aromatic carbocycles. The van der Waals surface area contributed by atoms with Crippen molar-refractivity contribution in [2.75, 3.05) is 25.0 Å². The van der Waals surface area contributed by atoms with Crippen molar-refractivity contribution in [1.82, 2.24) is 19.3 Å². The number of rotatable bonds is 6. The van der Waals surface area contributed by atoms with E-state index in [9.17, 15) is 8.42 Å². The van der Waals surface area contributed by atoms with Gasteiger partial charge in [0.15, 0.2) is 0 Å². The smallest absolute Gasteiger partial charge is 0.268 e. The summed E-state index contributed by atoms with van der Waals surface area (Å²) >= 11 is 0. The minimum Gasteiger partial charge on any atom is -0.354 e. The zero-order chi connectivity index (χ0) is 22.8. The van der Waals surface area contributed by atoms with Gasteiger partial charge in [0.1, 0.15) is 0 Å². The molecule has 1 fully saturated rings. The summed E-state index contributed by atoms with van der Waals surface area (Å²) in [4.78, 5) is 9.51. The maximum absolute atomic E-state index is 13.4. The number of nitrogens with zero attached hydrogens (tertiary/aromatic N) is 3. The number of nitrogens with one attached hydrogen (secondary N) is 2. The first-order valence-corrected chi connectivity index (χ1v) is 12.7. The highest BCUT2D eigenvalue weighted by Crippen LogP contribution is 2.34. The molecule has 1 atom stereocenters. The fourth-order valence-electron chi connectivity index (χ4n) is 4.38. The minimum atomic E-state index is -3.75. The Bertz CT molecular complexity index is 1380. The Morgan fingerprint density at radius 3 is 2.70 bits per heavy atom. The largest absolute Gasteiger partial charge is 0.354 e. The maximum Gasteiger partial charge on any atom is 0.268 e. The summed E-state index contributed by atoms with van der Waals surface area (Å²) in [6.45, 7) is 4.83. The molecule has 1 aliphatic rings. The second-order valence-corrected chi connectivity index (χ2v) is 10.3. The second-order valence-electron chi connectivity index (χ2n) is 8.49. The minimum absolute atomic E-state index is 0.250. The molecule has 2 aromatic heterocycles. The lowest BCUT2D eigenvalue weighted by atomic mass is 10.00. The molecule has 0 saturated carbocycles. The van der Waals surface area contributed by atoms with Gasteiger partial charge in [-0.05, 0) is 62.5 Å². The molecule has 3 heterocycles. The Labute approximate surface area is 193 Å². The molecule has 8 heteroatoms. The van der Waals surface area contributed by atoms with Gasteiger partial charge in [0, 0.05) is 29.9 Å². The maximum atomic E-state index is 13.4. The van der Waals surface area contributed by atoms with E-state index in [1.54, 1.807) is 42.7 Å². The number of hydrogen-bond acceptors (Lipinski definition) is 6. The average molecular weight is 462 g/mol. The second kappa shape index (κ2) is 8.96. The van der Waals surface area contributed by atoms with E-state index in [0.717, 1.165) is 41.8 Å². The van der Waals surface area contributed by atoms with Gasteiger partial charge in [-0.3, -0.25) is 0 Å². The standard InChI is InChI=1S/C25H27N5O2S/c1-18-14-27-25(28-16-19-8-7-13-26-15-19)29-24(18)22-17-30(23-12-6-5-11-21(22)23)33(31,32)20-9-3-2-4-10-20/h2-6,9-12,14,17,19,26H,7-8,13,15-16H2,1H3,(H,27,28,29). The summed E-state index contributed by atoms with van der Waals surface area (Å²) in [7, 11) is -3.75. The first kappa shape index (κ1) is 21.6. The normalized spacial score (nSPS) is 16.7. The van der Waals surface area contributed by atoms with Crippen LogP contribution < -0.4 is 10.6 Å².